The zero-order chi connectivity index (χ0) is 12.5. The summed E-state index contributed by atoms with van der Waals surface area (Å²) in [6, 6.07) is -0.335. The molecule has 100 valence electrons. The van der Waals surface area contributed by atoms with Gasteiger partial charge >= 0.3 is 5.97 Å². The van der Waals surface area contributed by atoms with Crippen molar-refractivity contribution in [3.8, 4) is 0 Å². The minimum atomic E-state index is -0.335. The van der Waals surface area contributed by atoms with Gasteiger partial charge in [0.1, 0.15) is 6.04 Å². The number of esters is 1. The molecule has 17 heavy (non-hydrogen) atoms. The van der Waals surface area contributed by atoms with Crippen molar-refractivity contribution in [1.29, 1.82) is 0 Å². The maximum absolute atomic E-state index is 11.5. The standard InChI is InChI=1S/C13H25NO3/c1-3-17-13(15)12(14-2)10-16-9-11-7-5-4-6-8-11/h11-12,14H,3-10H2,1-2H3. The number of nitrogens with one attached hydrogen (secondary N) is 1. The molecule has 0 aromatic rings. The van der Waals surface area contributed by atoms with Crippen molar-refractivity contribution >= 4 is 5.97 Å². The van der Waals surface area contributed by atoms with Crippen LogP contribution >= 0.6 is 0 Å². The lowest BCUT2D eigenvalue weighted by molar-refractivity contribution is -0.147. The van der Waals surface area contributed by atoms with Gasteiger partial charge in [-0.15, -0.1) is 0 Å². The van der Waals surface area contributed by atoms with Gasteiger partial charge in [-0.1, -0.05) is 19.3 Å². The van der Waals surface area contributed by atoms with Gasteiger partial charge in [0, 0.05) is 6.61 Å². The van der Waals surface area contributed by atoms with E-state index >= 15 is 0 Å². The molecule has 1 aliphatic carbocycles. The first-order valence-corrected chi connectivity index (χ1v) is 6.69. The third-order valence-corrected chi connectivity index (χ3v) is 3.28. The Morgan fingerprint density at radius 2 is 2.06 bits per heavy atom. The smallest absolute Gasteiger partial charge is 0.325 e. The molecule has 0 saturated heterocycles. The molecule has 0 radical (unpaired) electrons. The fraction of sp³-hybridized carbons (Fsp3) is 0.923. The Balaban J connectivity index is 2.16. The molecule has 0 aromatic carbocycles. The second kappa shape index (κ2) is 8.48. The number of carbonyl (C=O) groups excluding carboxylic acids is 1. The maximum Gasteiger partial charge on any atom is 0.325 e. The molecule has 1 atom stereocenters. The SMILES string of the molecule is CCOC(=O)C(COCC1CCCCC1)NC. The molecule has 0 bridgehead atoms. The minimum absolute atomic E-state index is 0.223. The van der Waals surface area contributed by atoms with Crippen molar-refractivity contribution in [3.05, 3.63) is 0 Å². The summed E-state index contributed by atoms with van der Waals surface area (Å²) in [7, 11) is 1.76. The van der Waals surface area contributed by atoms with E-state index in [-0.39, 0.29) is 12.0 Å². The van der Waals surface area contributed by atoms with Crippen LogP contribution < -0.4 is 5.32 Å². The Morgan fingerprint density at radius 1 is 1.35 bits per heavy atom. The van der Waals surface area contributed by atoms with Crippen LogP contribution in [0.15, 0.2) is 0 Å². The highest BCUT2D eigenvalue weighted by atomic mass is 16.5. The summed E-state index contributed by atoms with van der Waals surface area (Å²) in [5.74, 6) is 0.460. The number of rotatable bonds is 7. The van der Waals surface area contributed by atoms with E-state index in [9.17, 15) is 4.79 Å². The van der Waals surface area contributed by atoms with E-state index in [1.807, 2.05) is 6.92 Å². The van der Waals surface area contributed by atoms with Crippen molar-refractivity contribution < 1.29 is 14.3 Å². The Morgan fingerprint density at radius 3 is 2.65 bits per heavy atom. The molecule has 4 heteroatoms. The highest BCUT2D eigenvalue weighted by molar-refractivity contribution is 5.75. The number of likely N-dealkylation sites (N-methyl/N-ethyl adjacent to an activating group) is 1. The molecule has 0 amide bonds. The summed E-state index contributed by atoms with van der Waals surface area (Å²) < 4.78 is 10.6. The summed E-state index contributed by atoms with van der Waals surface area (Å²) in [6.45, 7) is 3.41. The van der Waals surface area contributed by atoms with E-state index in [1.54, 1.807) is 7.05 Å². The molecule has 1 saturated carbocycles. The van der Waals surface area contributed by atoms with Crippen LogP contribution in [0.3, 0.4) is 0 Å². The van der Waals surface area contributed by atoms with Crippen LogP contribution in [0.25, 0.3) is 0 Å². The van der Waals surface area contributed by atoms with E-state index < -0.39 is 0 Å². The molecule has 0 spiro atoms. The van der Waals surface area contributed by atoms with Gasteiger partial charge in [-0.2, -0.15) is 0 Å². The molecule has 1 unspecified atom stereocenters. The van der Waals surface area contributed by atoms with Gasteiger partial charge in [0.25, 0.3) is 0 Å². The predicted molar refractivity (Wildman–Crippen MR) is 66.9 cm³/mol. The molecule has 1 rings (SSSR count). The van der Waals surface area contributed by atoms with Crippen LogP contribution in [-0.4, -0.2) is 38.9 Å². The van der Waals surface area contributed by atoms with Gasteiger partial charge in [0.05, 0.1) is 13.2 Å². The lowest BCUT2D eigenvalue weighted by atomic mass is 9.90. The maximum atomic E-state index is 11.5. The fourth-order valence-electron chi connectivity index (χ4n) is 2.22. The van der Waals surface area contributed by atoms with Gasteiger partial charge in [0.2, 0.25) is 0 Å². The summed E-state index contributed by atoms with van der Waals surface area (Å²) >= 11 is 0. The molecule has 1 N–H and O–H groups in total. The topological polar surface area (TPSA) is 47.6 Å². The minimum Gasteiger partial charge on any atom is -0.465 e. The Bertz CT molecular complexity index is 215. The quantitative estimate of drug-likeness (QED) is 0.692. The number of hydrogen-bond donors (Lipinski definition) is 1. The lowest BCUT2D eigenvalue weighted by Crippen LogP contribution is -2.40. The van der Waals surface area contributed by atoms with Crippen molar-refractivity contribution in [3.63, 3.8) is 0 Å². The predicted octanol–water partition coefficient (Wildman–Crippen LogP) is 1.73. The third kappa shape index (κ3) is 5.50. The highest BCUT2D eigenvalue weighted by Crippen LogP contribution is 2.23. The van der Waals surface area contributed by atoms with Gasteiger partial charge in [-0.25, -0.2) is 0 Å². The van der Waals surface area contributed by atoms with Crippen LogP contribution in [0.5, 0.6) is 0 Å². The van der Waals surface area contributed by atoms with E-state index in [4.69, 9.17) is 9.47 Å². The molecule has 4 nitrogen and oxygen atoms in total. The summed E-state index contributed by atoms with van der Waals surface area (Å²) in [5, 5.41) is 2.92. The molecule has 1 aliphatic rings. The highest BCUT2D eigenvalue weighted by Gasteiger charge is 2.19. The van der Waals surface area contributed by atoms with Crippen LogP contribution in [-0.2, 0) is 14.3 Å². The number of hydrogen-bond acceptors (Lipinski definition) is 4. The normalized spacial score (nSPS) is 18.9. The van der Waals surface area contributed by atoms with Gasteiger partial charge in [-0.3, -0.25) is 4.79 Å². The van der Waals surface area contributed by atoms with E-state index in [1.165, 1.54) is 32.1 Å². The average molecular weight is 243 g/mol. The first kappa shape index (κ1) is 14.5. The molecular formula is C13H25NO3. The van der Waals surface area contributed by atoms with Crippen LogP contribution in [0.1, 0.15) is 39.0 Å². The molecular weight excluding hydrogens is 218 g/mol. The van der Waals surface area contributed by atoms with Gasteiger partial charge in [-0.05, 0) is 32.7 Å². The number of ether oxygens (including phenoxy) is 2. The van der Waals surface area contributed by atoms with Crippen molar-refractivity contribution in [2.24, 2.45) is 5.92 Å². The molecule has 0 heterocycles. The third-order valence-electron chi connectivity index (χ3n) is 3.28. The Kier molecular flexibility index (Phi) is 7.21. The zero-order valence-corrected chi connectivity index (χ0v) is 11.0. The zero-order valence-electron chi connectivity index (χ0n) is 11.0. The summed E-state index contributed by atoms with van der Waals surface area (Å²) in [6.07, 6.45) is 6.54. The van der Waals surface area contributed by atoms with Crippen LogP contribution in [0, 0.1) is 5.92 Å². The van der Waals surface area contributed by atoms with Crippen LogP contribution in [0.2, 0.25) is 0 Å². The van der Waals surface area contributed by atoms with E-state index in [0.29, 0.717) is 19.1 Å². The van der Waals surface area contributed by atoms with Crippen LogP contribution in [0.4, 0.5) is 0 Å². The monoisotopic (exact) mass is 243 g/mol. The Labute approximate surface area is 104 Å². The second-order valence-corrected chi connectivity index (χ2v) is 4.63. The van der Waals surface area contributed by atoms with Gasteiger partial charge < -0.3 is 14.8 Å². The van der Waals surface area contributed by atoms with Crippen molar-refractivity contribution in [2.45, 2.75) is 45.1 Å². The van der Waals surface area contributed by atoms with E-state index in [2.05, 4.69) is 5.32 Å². The van der Waals surface area contributed by atoms with Crippen molar-refractivity contribution in [2.75, 3.05) is 26.9 Å². The average Bonchev–Trinajstić information content (AvgIpc) is 2.36. The first-order chi connectivity index (χ1) is 8.27. The summed E-state index contributed by atoms with van der Waals surface area (Å²) in [4.78, 5) is 11.5. The fourth-order valence-corrected chi connectivity index (χ4v) is 2.22. The van der Waals surface area contributed by atoms with Crippen molar-refractivity contribution in [1.82, 2.24) is 5.32 Å². The second-order valence-electron chi connectivity index (χ2n) is 4.63. The first-order valence-electron chi connectivity index (χ1n) is 6.69. The van der Waals surface area contributed by atoms with E-state index in [0.717, 1.165) is 6.61 Å². The number of carbonyl (C=O) groups is 1. The molecule has 0 aromatic heterocycles. The molecule has 0 aliphatic heterocycles. The Hall–Kier alpha value is -0.610. The summed E-state index contributed by atoms with van der Waals surface area (Å²) in [5.41, 5.74) is 0. The van der Waals surface area contributed by atoms with Gasteiger partial charge in [0.15, 0.2) is 0 Å². The lowest BCUT2D eigenvalue weighted by Gasteiger charge is -2.22. The molecule has 1 fully saturated rings. The largest absolute Gasteiger partial charge is 0.465 e.